The molecular formula is C9H14N4. The Morgan fingerprint density at radius 1 is 1.08 bits per heavy atom. The standard InChI is InChI=1S/C9H14N4/c10-8-6-11-9(12-7-8)13-4-2-1-3-5-13/h6-7H,1-5,10H2. The number of hydrogen-bond donors (Lipinski definition) is 1. The van der Waals surface area contributed by atoms with E-state index >= 15 is 0 Å². The average Bonchev–Trinajstić information content (AvgIpc) is 2.20. The Hall–Kier alpha value is -1.32. The van der Waals surface area contributed by atoms with Crippen molar-refractivity contribution >= 4 is 11.6 Å². The molecule has 0 amide bonds. The quantitative estimate of drug-likeness (QED) is 0.698. The molecule has 0 aromatic carbocycles. The highest BCUT2D eigenvalue weighted by molar-refractivity contribution is 5.37. The molecule has 1 aliphatic heterocycles. The summed E-state index contributed by atoms with van der Waals surface area (Å²) in [6.45, 7) is 2.15. The molecule has 0 unspecified atom stereocenters. The Kier molecular flexibility index (Phi) is 2.29. The van der Waals surface area contributed by atoms with Crippen molar-refractivity contribution in [3.8, 4) is 0 Å². The Bertz CT molecular complexity index is 263. The summed E-state index contributed by atoms with van der Waals surface area (Å²) >= 11 is 0. The van der Waals surface area contributed by atoms with Crippen LogP contribution in [-0.4, -0.2) is 23.1 Å². The highest BCUT2D eigenvalue weighted by Crippen LogP contribution is 2.14. The predicted molar refractivity (Wildman–Crippen MR) is 52.5 cm³/mol. The molecule has 2 rings (SSSR count). The van der Waals surface area contributed by atoms with Gasteiger partial charge >= 0.3 is 0 Å². The first-order valence-electron chi connectivity index (χ1n) is 4.69. The Labute approximate surface area is 77.8 Å². The van der Waals surface area contributed by atoms with E-state index in [1.165, 1.54) is 19.3 Å². The molecule has 4 nitrogen and oxygen atoms in total. The molecule has 2 heterocycles. The summed E-state index contributed by atoms with van der Waals surface area (Å²) in [6.07, 6.45) is 7.14. The van der Waals surface area contributed by atoms with Crippen LogP contribution in [0.3, 0.4) is 0 Å². The summed E-state index contributed by atoms with van der Waals surface area (Å²) in [5.41, 5.74) is 6.14. The van der Waals surface area contributed by atoms with Crippen molar-refractivity contribution in [1.82, 2.24) is 9.97 Å². The van der Waals surface area contributed by atoms with Crippen LogP contribution < -0.4 is 10.6 Å². The minimum Gasteiger partial charge on any atom is -0.396 e. The van der Waals surface area contributed by atoms with Crippen molar-refractivity contribution in [3.63, 3.8) is 0 Å². The number of piperidine rings is 1. The molecule has 4 heteroatoms. The van der Waals surface area contributed by atoms with Crippen LogP contribution in [0.4, 0.5) is 11.6 Å². The van der Waals surface area contributed by atoms with Gasteiger partial charge in [0.2, 0.25) is 5.95 Å². The topological polar surface area (TPSA) is 55.0 Å². The molecule has 0 spiro atoms. The van der Waals surface area contributed by atoms with Crippen molar-refractivity contribution in [1.29, 1.82) is 0 Å². The Balaban J connectivity index is 2.10. The second-order valence-electron chi connectivity index (χ2n) is 3.36. The number of anilines is 2. The molecule has 0 bridgehead atoms. The van der Waals surface area contributed by atoms with Gasteiger partial charge in [-0.3, -0.25) is 0 Å². The van der Waals surface area contributed by atoms with Crippen molar-refractivity contribution in [2.24, 2.45) is 0 Å². The van der Waals surface area contributed by atoms with E-state index in [0.717, 1.165) is 19.0 Å². The van der Waals surface area contributed by atoms with Gasteiger partial charge < -0.3 is 10.6 Å². The molecule has 1 fully saturated rings. The maximum Gasteiger partial charge on any atom is 0.225 e. The van der Waals surface area contributed by atoms with E-state index in [9.17, 15) is 0 Å². The summed E-state index contributed by atoms with van der Waals surface area (Å²) in [7, 11) is 0. The fraction of sp³-hybridized carbons (Fsp3) is 0.556. The van der Waals surface area contributed by atoms with Crippen LogP contribution in [0.25, 0.3) is 0 Å². The number of nitrogen functional groups attached to an aromatic ring is 1. The molecule has 1 saturated heterocycles. The first-order valence-corrected chi connectivity index (χ1v) is 4.69. The summed E-state index contributed by atoms with van der Waals surface area (Å²) in [4.78, 5) is 10.6. The van der Waals surface area contributed by atoms with Gasteiger partial charge in [0.1, 0.15) is 0 Å². The highest BCUT2D eigenvalue weighted by atomic mass is 15.2. The van der Waals surface area contributed by atoms with Gasteiger partial charge in [0.05, 0.1) is 18.1 Å². The second kappa shape index (κ2) is 3.60. The smallest absolute Gasteiger partial charge is 0.225 e. The molecule has 0 atom stereocenters. The van der Waals surface area contributed by atoms with Crippen LogP contribution in [0.1, 0.15) is 19.3 Å². The van der Waals surface area contributed by atoms with Crippen LogP contribution in [0.5, 0.6) is 0 Å². The number of nitrogens with zero attached hydrogens (tertiary/aromatic N) is 3. The maximum absolute atomic E-state index is 5.51. The minimum absolute atomic E-state index is 0.626. The predicted octanol–water partition coefficient (Wildman–Crippen LogP) is 1.05. The van der Waals surface area contributed by atoms with Crippen molar-refractivity contribution < 1.29 is 0 Å². The van der Waals surface area contributed by atoms with Gasteiger partial charge in [0.25, 0.3) is 0 Å². The molecule has 0 saturated carbocycles. The average molecular weight is 178 g/mol. The van der Waals surface area contributed by atoms with Gasteiger partial charge in [-0.25, -0.2) is 9.97 Å². The molecule has 13 heavy (non-hydrogen) atoms. The van der Waals surface area contributed by atoms with Gasteiger partial charge in [0.15, 0.2) is 0 Å². The zero-order valence-corrected chi connectivity index (χ0v) is 7.61. The SMILES string of the molecule is Nc1cnc(N2CCCCC2)nc1. The van der Waals surface area contributed by atoms with Crippen LogP contribution in [0.2, 0.25) is 0 Å². The van der Waals surface area contributed by atoms with Crippen LogP contribution in [0, 0.1) is 0 Å². The molecule has 0 radical (unpaired) electrons. The van der Waals surface area contributed by atoms with E-state index in [4.69, 9.17) is 5.73 Å². The van der Waals surface area contributed by atoms with Crippen molar-refractivity contribution in [2.45, 2.75) is 19.3 Å². The summed E-state index contributed by atoms with van der Waals surface area (Å²) in [5, 5.41) is 0. The number of rotatable bonds is 1. The van der Waals surface area contributed by atoms with E-state index in [0.29, 0.717) is 5.69 Å². The lowest BCUT2D eigenvalue weighted by atomic mass is 10.1. The third-order valence-corrected chi connectivity index (χ3v) is 2.30. The van der Waals surface area contributed by atoms with Crippen molar-refractivity contribution in [3.05, 3.63) is 12.4 Å². The highest BCUT2D eigenvalue weighted by Gasteiger charge is 2.12. The van der Waals surface area contributed by atoms with E-state index in [2.05, 4.69) is 14.9 Å². The molecule has 2 N–H and O–H groups in total. The first-order chi connectivity index (χ1) is 6.36. The molecule has 1 aliphatic rings. The lowest BCUT2D eigenvalue weighted by Gasteiger charge is -2.26. The first kappa shape index (κ1) is 8.29. The van der Waals surface area contributed by atoms with Crippen LogP contribution in [0.15, 0.2) is 12.4 Å². The number of aromatic nitrogens is 2. The molecule has 1 aromatic heterocycles. The molecule has 0 aliphatic carbocycles. The lowest BCUT2D eigenvalue weighted by molar-refractivity contribution is 0.568. The van der Waals surface area contributed by atoms with E-state index in [1.54, 1.807) is 12.4 Å². The zero-order valence-electron chi connectivity index (χ0n) is 7.61. The molecule has 70 valence electrons. The van der Waals surface area contributed by atoms with Crippen LogP contribution >= 0.6 is 0 Å². The number of hydrogen-bond acceptors (Lipinski definition) is 4. The van der Waals surface area contributed by atoms with E-state index in [-0.39, 0.29) is 0 Å². The Morgan fingerprint density at radius 2 is 1.69 bits per heavy atom. The fourth-order valence-corrected chi connectivity index (χ4v) is 1.59. The zero-order chi connectivity index (χ0) is 9.10. The monoisotopic (exact) mass is 178 g/mol. The van der Waals surface area contributed by atoms with Gasteiger partial charge in [0, 0.05) is 13.1 Å². The van der Waals surface area contributed by atoms with Crippen LogP contribution in [-0.2, 0) is 0 Å². The maximum atomic E-state index is 5.51. The Morgan fingerprint density at radius 3 is 2.31 bits per heavy atom. The minimum atomic E-state index is 0.626. The molecular weight excluding hydrogens is 164 g/mol. The number of nitrogens with two attached hydrogens (primary N) is 1. The normalized spacial score (nSPS) is 17.4. The molecule has 1 aromatic rings. The van der Waals surface area contributed by atoms with Gasteiger partial charge in [-0.15, -0.1) is 0 Å². The van der Waals surface area contributed by atoms with E-state index < -0.39 is 0 Å². The largest absolute Gasteiger partial charge is 0.396 e. The van der Waals surface area contributed by atoms with Crippen molar-refractivity contribution in [2.75, 3.05) is 23.7 Å². The van der Waals surface area contributed by atoms with E-state index in [1.807, 2.05) is 0 Å². The third kappa shape index (κ3) is 1.88. The lowest BCUT2D eigenvalue weighted by Crippen LogP contribution is -2.30. The summed E-state index contributed by atoms with van der Waals surface area (Å²) < 4.78 is 0. The summed E-state index contributed by atoms with van der Waals surface area (Å²) in [6, 6.07) is 0. The fourth-order valence-electron chi connectivity index (χ4n) is 1.59. The van der Waals surface area contributed by atoms with Gasteiger partial charge in [-0.2, -0.15) is 0 Å². The summed E-state index contributed by atoms with van der Waals surface area (Å²) in [5.74, 6) is 0.814. The third-order valence-electron chi connectivity index (χ3n) is 2.30. The van der Waals surface area contributed by atoms with Gasteiger partial charge in [-0.1, -0.05) is 0 Å². The second-order valence-corrected chi connectivity index (χ2v) is 3.36. The van der Waals surface area contributed by atoms with Gasteiger partial charge in [-0.05, 0) is 19.3 Å².